The van der Waals surface area contributed by atoms with E-state index in [9.17, 15) is 4.79 Å². The van der Waals surface area contributed by atoms with E-state index in [1.165, 1.54) is 4.90 Å². The molecule has 1 amide bonds. The van der Waals surface area contributed by atoms with Crippen molar-refractivity contribution < 1.29 is 14.3 Å². The summed E-state index contributed by atoms with van der Waals surface area (Å²) in [7, 11) is 0. The summed E-state index contributed by atoms with van der Waals surface area (Å²) in [5, 5.41) is 3.33. The van der Waals surface area contributed by atoms with Gasteiger partial charge in [0.1, 0.15) is 29.5 Å². The summed E-state index contributed by atoms with van der Waals surface area (Å²) in [4.78, 5) is 27.8. The lowest BCUT2D eigenvalue weighted by Crippen LogP contribution is -2.43. The number of cyclic esters (lactones) is 1. The van der Waals surface area contributed by atoms with E-state index in [1.807, 2.05) is 98.8 Å². The third-order valence-corrected chi connectivity index (χ3v) is 6.19. The Kier molecular flexibility index (Phi) is 6.25. The van der Waals surface area contributed by atoms with Crippen LogP contribution in [0.4, 0.5) is 16.7 Å². The number of ether oxygens (including phenoxy) is 2. The van der Waals surface area contributed by atoms with Gasteiger partial charge in [0, 0.05) is 0 Å². The molecule has 2 atom stereocenters. The Labute approximate surface area is 210 Å². The Morgan fingerprint density at radius 1 is 0.917 bits per heavy atom. The van der Waals surface area contributed by atoms with Crippen LogP contribution >= 0.6 is 0 Å². The second-order valence-electron chi connectivity index (χ2n) is 8.89. The monoisotopic (exact) mass is 481 g/mol. The Bertz CT molecular complexity index is 1350. The minimum absolute atomic E-state index is 0.100. The lowest BCUT2D eigenvalue weighted by atomic mass is 9.92. The van der Waals surface area contributed by atoms with Gasteiger partial charge in [-0.1, -0.05) is 60.7 Å². The fourth-order valence-electron chi connectivity index (χ4n) is 4.20. The molecule has 0 saturated carbocycles. The van der Waals surface area contributed by atoms with Gasteiger partial charge in [-0.2, -0.15) is 15.0 Å². The minimum Gasteiger partial charge on any atom is -0.457 e. The molecular weight excluding hydrogens is 454 g/mol. The first-order valence-corrected chi connectivity index (χ1v) is 11.8. The lowest BCUT2D eigenvalue weighted by molar-refractivity contribution is 0.174. The number of carbonyl (C=O) groups excluding carboxylic acids is 1. The molecule has 1 N–H and O–H groups in total. The van der Waals surface area contributed by atoms with E-state index < -0.39 is 11.6 Å². The Balaban J connectivity index is 1.36. The normalized spacial score (nSPS) is 18.0. The molecule has 1 aromatic heterocycles. The highest BCUT2D eigenvalue weighted by molar-refractivity contribution is 5.89. The molecule has 0 bridgehead atoms. The molecule has 0 aliphatic carbocycles. The van der Waals surface area contributed by atoms with Crippen molar-refractivity contribution in [1.29, 1.82) is 0 Å². The summed E-state index contributed by atoms with van der Waals surface area (Å²) >= 11 is 0. The smallest absolute Gasteiger partial charge is 0.417 e. The highest BCUT2D eigenvalue weighted by Gasteiger charge is 2.47. The molecule has 8 heteroatoms. The van der Waals surface area contributed by atoms with Gasteiger partial charge in [-0.15, -0.1) is 0 Å². The molecule has 2 heterocycles. The molecule has 1 aliphatic rings. The van der Waals surface area contributed by atoms with Gasteiger partial charge in [-0.25, -0.2) is 9.69 Å². The quantitative estimate of drug-likeness (QED) is 0.345. The molecule has 182 valence electrons. The molecule has 0 radical (unpaired) electrons. The fraction of sp³-hybridized carbons (Fsp3) is 0.214. The molecule has 3 aromatic carbocycles. The van der Waals surface area contributed by atoms with E-state index in [0.717, 1.165) is 22.6 Å². The largest absolute Gasteiger partial charge is 0.457 e. The second kappa shape index (κ2) is 9.65. The summed E-state index contributed by atoms with van der Waals surface area (Å²) in [6.07, 6.45) is -0.486. The van der Waals surface area contributed by atoms with Gasteiger partial charge in [-0.05, 0) is 56.2 Å². The second-order valence-corrected chi connectivity index (χ2v) is 8.89. The van der Waals surface area contributed by atoms with Gasteiger partial charge in [0.05, 0.1) is 6.04 Å². The number of amides is 1. The molecule has 1 aliphatic heterocycles. The van der Waals surface area contributed by atoms with Crippen molar-refractivity contribution in [1.82, 2.24) is 15.0 Å². The Morgan fingerprint density at radius 2 is 1.56 bits per heavy atom. The summed E-state index contributed by atoms with van der Waals surface area (Å²) in [5.74, 6) is 2.66. The first-order chi connectivity index (χ1) is 17.4. The van der Waals surface area contributed by atoms with Gasteiger partial charge < -0.3 is 14.8 Å². The maximum Gasteiger partial charge on any atom is 0.417 e. The third kappa shape index (κ3) is 4.70. The number of benzene rings is 3. The van der Waals surface area contributed by atoms with Crippen LogP contribution in [-0.2, 0) is 10.3 Å². The van der Waals surface area contributed by atoms with Crippen molar-refractivity contribution >= 4 is 18.0 Å². The number of hydrogen-bond acceptors (Lipinski definition) is 7. The number of para-hydroxylation sites is 1. The van der Waals surface area contributed by atoms with Gasteiger partial charge in [0.25, 0.3) is 0 Å². The molecule has 4 aromatic rings. The van der Waals surface area contributed by atoms with Gasteiger partial charge in [0.15, 0.2) is 0 Å². The zero-order valence-corrected chi connectivity index (χ0v) is 20.4. The summed E-state index contributed by atoms with van der Waals surface area (Å²) < 4.78 is 11.3. The summed E-state index contributed by atoms with van der Waals surface area (Å²) in [6.45, 7) is 5.94. The van der Waals surface area contributed by atoms with Crippen LogP contribution in [0.25, 0.3) is 0 Å². The van der Waals surface area contributed by atoms with Crippen molar-refractivity contribution in [3.8, 4) is 11.5 Å². The van der Waals surface area contributed by atoms with Crippen LogP contribution in [0, 0.1) is 6.92 Å². The minimum atomic E-state index is -0.733. The molecule has 36 heavy (non-hydrogen) atoms. The van der Waals surface area contributed by atoms with Crippen LogP contribution in [0.5, 0.6) is 11.5 Å². The van der Waals surface area contributed by atoms with Crippen LogP contribution < -0.4 is 15.0 Å². The molecule has 0 spiro atoms. The number of rotatable bonds is 7. The van der Waals surface area contributed by atoms with Crippen LogP contribution in [0.1, 0.15) is 36.8 Å². The van der Waals surface area contributed by atoms with E-state index >= 15 is 0 Å². The maximum atomic E-state index is 12.8. The molecule has 5 rings (SSSR count). The number of hydrogen-bond donors (Lipinski definition) is 1. The molecule has 0 unspecified atom stereocenters. The van der Waals surface area contributed by atoms with Gasteiger partial charge >= 0.3 is 6.09 Å². The average molecular weight is 482 g/mol. The van der Waals surface area contributed by atoms with E-state index in [-0.39, 0.29) is 18.6 Å². The van der Waals surface area contributed by atoms with E-state index in [0.29, 0.717) is 11.8 Å². The highest BCUT2D eigenvalue weighted by Crippen LogP contribution is 2.37. The summed E-state index contributed by atoms with van der Waals surface area (Å²) in [5.41, 5.74) is 1.24. The van der Waals surface area contributed by atoms with E-state index in [2.05, 4.69) is 20.3 Å². The Morgan fingerprint density at radius 3 is 2.25 bits per heavy atom. The van der Waals surface area contributed by atoms with Crippen molar-refractivity contribution in [3.05, 3.63) is 102 Å². The number of aromatic nitrogens is 3. The van der Waals surface area contributed by atoms with Crippen LogP contribution in [0.15, 0.2) is 84.9 Å². The third-order valence-electron chi connectivity index (χ3n) is 6.19. The number of carbonyl (C=O) groups is 1. The van der Waals surface area contributed by atoms with Crippen molar-refractivity contribution in [3.63, 3.8) is 0 Å². The van der Waals surface area contributed by atoms with Crippen molar-refractivity contribution in [2.24, 2.45) is 0 Å². The SMILES string of the molecule is Cc1nc(N[C@@H](C)c2ccc(Oc3ccccc3)cc2)nc(N2C(=O)OC[C@]2(C)c2ccccc2)n1. The van der Waals surface area contributed by atoms with Crippen molar-refractivity contribution in [2.45, 2.75) is 32.4 Å². The average Bonchev–Trinajstić information content (AvgIpc) is 3.20. The first-order valence-electron chi connectivity index (χ1n) is 11.8. The molecule has 8 nitrogen and oxygen atoms in total. The standard InChI is InChI=1S/C28H27N5O3/c1-19(21-14-16-24(17-15-21)36-23-12-8-5-9-13-23)29-25-30-20(2)31-26(32-25)33-27(34)35-18-28(33,3)22-10-6-4-7-11-22/h4-17,19H,18H2,1-3H3,(H,29,30,31,32)/t19-,28+/m0/s1. The van der Waals surface area contributed by atoms with Crippen molar-refractivity contribution in [2.75, 3.05) is 16.8 Å². The van der Waals surface area contributed by atoms with Gasteiger partial charge in [0.2, 0.25) is 11.9 Å². The van der Waals surface area contributed by atoms with Crippen LogP contribution in [-0.4, -0.2) is 27.7 Å². The maximum absolute atomic E-state index is 12.8. The van der Waals surface area contributed by atoms with Crippen LogP contribution in [0.3, 0.4) is 0 Å². The predicted octanol–water partition coefficient (Wildman–Crippen LogP) is 6.02. The number of anilines is 2. The zero-order chi connectivity index (χ0) is 25.1. The van der Waals surface area contributed by atoms with E-state index in [1.54, 1.807) is 6.92 Å². The number of aryl methyl sites for hydroxylation is 1. The Hall–Kier alpha value is -4.46. The predicted molar refractivity (Wildman–Crippen MR) is 137 cm³/mol. The number of nitrogens with one attached hydrogen (secondary N) is 1. The lowest BCUT2D eigenvalue weighted by Gasteiger charge is -2.30. The highest BCUT2D eigenvalue weighted by atomic mass is 16.6. The van der Waals surface area contributed by atoms with Gasteiger partial charge in [-0.3, -0.25) is 0 Å². The zero-order valence-electron chi connectivity index (χ0n) is 20.4. The first kappa shape index (κ1) is 23.3. The summed E-state index contributed by atoms with van der Waals surface area (Å²) in [6, 6.07) is 27.1. The van der Waals surface area contributed by atoms with E-state index in [4.69, 9.17) is 9.47 Å². The number of nitrogens with zero attached hydrogens (tertiary/aromatic N) is 4. The van der Waals surface area contributed by atoms with Crippen LogP contribution in [0.2, 0.25) is 0 Å². The molecule has 1 saturated heterocycles. The molecular formula is C28H27N5O3. The topological polar surface area (TPSA) is 89.5 Å². The molecule has 1 fully saturated rings. The fourth-order valence-corrected chi connectivity index (χ4v) is 4.20.